The molecule has 0 radical (unpaired) electrons. The summed E-state index contributed by atoms with van der Waals surface area (Å²) in [5, 5.41) is 64.1. The molecule has 336 valence electrons. The molecule has 0 bridgehead atoms. The summed E-state index contributed by atoms with van der Waals surface area (Å²) in [6, 6.07) is -1.02. The molecule has 2 amide bonds. The smallest absolute Gasteiger partial charge is 0.481 e. The van der Waals surface area contributed by atoms with Crippen LogP contribution in [0.1, 0.15) is 39.8 Å². The van der Waals surface area contributed by atoms with Gasteiger partial charge >= 0.3 is 33.3 Å². The molecule has 3 rings (SSSR count). The molecule has 12 N–H and O–H groups in total. The van der Waals surface area contributed by atoms with Gasteiger partial charge in [0.25, 0.3) is 5.56 Å². The van der Waals surface area contributed by atoms with Crippen LogP contribution in [0.15, 0.2) is 21.9 Å². The Morgan fingerprint density at radius 3 is 2.17 bits per heavy atom. The van der Waals surface area contributed by atoms with Crippen molar-refractivity contribution < 1.29 is 106 Å². The van der Waals surface area contributed by atoms with Crippen molar-refractivity contribution in [2.24, 2.45) is 5.92 Å². The average molecular weight is 915 g/mol. The number of carbonyl (C=O) groups is 4. The molecule has 0 spiro atoms. The molecule has 59 heavy (non-hydrogen) atoms. The molecule has 2 aliphatic rings. The third-order valence-corrected chi connectivity index (χ3v) is 13.7. The van der Waals surface area contributed by atoms with Gasteiger partial charge in [0.15, 0.2) is 12.5 Å². The van der Waals surface area contributed by atoms with Crippen LogP contribution >= 0.6 is 23.0 Å². The van der Waals surface area contributed by atoms with E-state index in [1.807, 2.05) is 4.98 Å². The average Bonchev–Trinajstić information content (AvgIpc) is 3.39. The molecule has 1 aromatic rings. The number of aliphatic carboxylic acids is 2. The highest BCUT2D eigenvalue weighted by molar-refractivity contribution is 7.61. The van der Waals surface area contributed by atoms with Crippen LogP contribution in [0.2, 0.25) is 0 Å². The lowest BCUT2D eigenvalue weighted by atomic mass is 9.96. The third kappa shape index (κ3) is 13.9. The molecule has 1 aromatic heterocycles. The highest BCUT2D eigenvalue weighted by Gasteiger charge is 2.52. The quantitative estimate of drug-likeness (QED) is 0.0524. The fraction of sp³-hybridized carbons (Fsp3) is 0.714. The summed E-state index contributed by atoms with van der Waals surface area (Å²) in [7, 11) is -16.2. The molecule has 2 saturated heterocycles. The lowest BCUT2D eigenvalue weighted by Gasteiger charge is -2.44. The number of H-pyrrole nitrogens is 1. The van der Waals surface area contributed by atoms with Gasteiger partial charge in [-0.2, -0.15) is 4.31 Å². The summed E-state index contributed by atoms with van der Waals surface area (Å²) in [5.41, 5.74) is -1.86. The van der Waals surface area contributed by atoms with Gasteiger partial charge in [-0.05, 0) is 20.3 Å². The zero-order chi connectivity index (χ0) is 44.8. The van der Waals surface area contributed by atoms with E-state index >= 15 is 0 Å². The van der Waals surface area contributed by atoms with Crippen LogP contribution < -0.4 is 21.9 Å². The summed E-state index contributed by atoms with van der Waals surface area (Å²) in [6.07, 6.45) is -18.0. The van der Waals surface area contributed by atoms with Crippen molar-refractivity contribution in [2.45, 2.75) is 101 Å². The number of aromatic amines is 1. The Morgan fingerprint density at radius 2 is 1.61 bits per heavy atom. The fourth-order valence-electron chi connectivity index (χ4n) is 5.69. The lowest BCUT2D eigenvalue weighted by molar-refractivity contribution is -0.261. The highest BCUT2D eigenvalue weighted by atomic mass is 31.3. The molecular weight excluding hydrogens is 869 g/mol. The van der Waals surface area contributed by atoms with Crippen molar-refractivity contribution in [1.29, 1.82) is 0 Å². The minimum atomic E-state index is -5.90. The number of nitrogens with zero attached hydrogens (tertiary/aromatic N) is 1. The monoisotopic (exact) mass is 914 g/mol. The summed E-state index contributed by atoms with van der Waals surface area (Å²) in [6.45, 7) is 0.775. The van der Waals surface area contributed by atoms with Gasteiger partial charge in [0, 0.05) is 31.8 Å². The molecule has 31 heteroatoms. The van der Waals surface area contributed by atoms with Crippen LogP contribution in [0.3, 0.4) is 0 Å². The summed E-state index contributed by atoms with van der Waals surface area (Å²) < 4.78 is 69.5. The van der Waals surface area contributed by atoms with Crippen LogP contribution in [0.5, 0.6) is 0 Å². The predicted octanol–water partition coefficient (Wildman–Crippen LogP) is -3.94. The van der Waals surface area contributed by atoms with Gasteiger partial charge in [0.05, 0.1) is 19.1 Å². The molecule has 0 aliphatic carbocycles. The van der Waals surface area contributed by atoms with Crippen molar-refractivity contribution >= 4 is 46.8 Å². The fourth-order valence-corrected chi connectivity index (χ4v) is 9.47. The Kier molecular flexibility index (Phi) is 17.4. The van der Waals surface area contributed by atoms with E-state index in [1.165, 1.54) is 0 Å². The second kappa shape index (κ2) is 20.5. The number of aromatic nitrogens is 2. The molecule has 0 saturated carbocycles. The van der Waals surface area contributed by atoms with Crippen LogP contribution in [0.25, 0.3) is 0 Å². The Balaban J connectivity index is 1.73. The number of carboxylic acid groups (broad SMARTS) is 2. The molecular formula is C28H45N4O24P3. The van der Waals surface area contributed by atoms with Crippen LogP contribution in [-0.2, 0) is 60.4 Å². The minimum absolute atomic E-state index is 0.499. The van der Waals surface area contributed by atoms with E-state index in [1.54, 1.807) is 0 Å². The Bertz CT molecular complexity index is 1950. The lowest BCUT2D eigenvalue weighted by Crippen LogP contribution is -2.66. The summed E-state index contributed by atoms with van der Waals surface area (Å²) >= 11 is 0. The number of hydrogen-bond donors (Lipinski definition) is 12. The number of phosphoric ester groups is 2. The van der Waals surface area contributed by atoms with Crippen molar-refractivity contribution in [3.8, 4) is 0 Å². The Morgan fingerprint density at radius 1 is 0.966 bits per heavy atom. The maximum absolute atomic E-state index is 13.1. The van der Waals surface area contributed by atoms with Crippen LogP contribution in [0.4, 0.5) is 0 Å². The number of amides is 2. The number of phosphoric acid groups is 2. The SMILES string of the molecule is CC(=O)N[C@H]1[C@@H](OP(=O)(O)OP(=O)(O)OC[C@H]2O[C@@H](n3ccc(=O)[nH]c3=O)[C@H](O)[C@@H]2O)O[C@H](CO)[C@@H](O)[C@@H]1OC(C)C(=O)NC(C)P(=O)(O)CC(CCC(=O)O)C(=O)O. The van der Waals surface area contributed by atoms with E-state index in [0.29, 0.717) is 4.57 Å². The second-order valence-electron chi connectivity index (χ2n) is 13.3. The van der Waals surface area contributed by atoms with Gasteiger partial charge in [-0.1, -0.05) is 0 Å². The zero-order valence-corrected chi connectivity index (χ0v) is 33.7. The van der Waals surface area contributed by atoms with Crippen molar-refractivity contribution in [3.05, 3.63) is 33.1 Å². The molecule has 6 unspecified atom stereocenters. The Labute approximate surface area is 331 Å². The largest absolute Gasteiger partial charge is 0.483 e. The standard InChI is InChI=1S/C28H45N4O24P3/c1-11(24(41)30-13(3)57(45,46)10-14(26(42)43)4-5-18(36)37)52-23-19(29-12(2)34)27(54-15(8-33)21(23)39)55-59(49,50)56-58(47,48)51-9-16-20(38)22(40)25(53-16)32-7-6-17(35)31-28(32)44/h6-7,11,13-16,19-23,25,27,33,38-40H,4-5,8-10H2,1-3H3,(H,29,34)(H,30,41)(H,36,37)(H,42,43)(H,45,46)(H,47,48)(H,49,50)(H,31,35,44)/t11?,13?,14?,15-,16-,19-,20-,21-,22-,23-,25-,27-/m1/s1. The second-order valence-corrected chi connectivity index (χ2v) is 18.9. The van der Waals surface area contributed by atoms with Gasteiger partial charge in [-0.3, -0.25) is 47.1 Å². The Hall–Kier alpha value is -3.27. The number of rotatable bonds is 21. The van der Waals surface area contributed by atoms with Crippen molar-refractivity contribution in [3.63, 3.8) is 0 Å². The van der Waals surface area contributed by atoms with Crippen molar-refractivity contribution in [2.75, 3.05) is 19.4 Å². The third-order valence-electron chi connectivity index (χ3n) is 8.76. The topological polar surface area (TPSA) is 436 Å². The molecule has 15 atom stereocenters. The van der Waals surface area contributed by atoms with Gasteiger partial charge < -0.3 is 70.2 Å². The van der Waals surface area contributed by atoms with E-state index in [0.717, 1.165) is 33.0 Å². The molecule has 28 nitrogen and oxygen atoms in total. The predicted molar refractivity (Wildman–Crippen MR) is 189 cm³/mol. The van der Waals surface area contributed by atoms with E-state index < -0.39 is 163 Å². The number of carbonyl (C=O) groups excluding carboxylic acids is 2. The first-order valence-corrected chi connectivity index (χ1v) is 22.1. The summed E-state index contributed by atoms with van der Waals surface area (Å²) in [5.74, 6) is -8.25. The van der Waals surface area contributed by atoms with E-state index in [2.05, 4.69) is 19.5 Å². The van der Waals surface area contributed by atoms with E-state index in [9.17, 15) is 82.7 Å². The first-order chi connectivity index (χ1) is 27.2. The van der Waals surface area contributed by atoms with Gasteiger partial charge in [-0.25, -0.2) is 13.9 Å². The number of hydrogen-bond acceptors (Lipinski definition) is 19. The van der Waals surface area contributed by atoms with E-state index in [-0.39, 0.29) is 0 Å². The van der Waals surface area contributed by atoms with Gasteiger partial charge in [-0.15, -0.1) is 0 Å². The molecule has 0 aromatic carbocycles. The first-order valence-electron chi connectivity index (χ1n) is 17.1. The first kappa shape index (κ1) is 50.1. The maximum atomic E-state index is 13.1. The minimum Gasteiger partial charge on any atom is -0.481 e. The molecule has 2 fully saturated rings. The van der Waals surface area contributed by atoms with Crippen LogP contribution in [-0.4, -0.2) is 159 Å². The number of nitrogens with one attached hydrogen (secondary N) is 3. The zero-order valence-electron chi connectivity index (χ0n) is 31.1. The van der Waals surface area contributed by atoms with Crippen molar-refractivity contribution in [1.82, 2.24) is 20.2 Å². The number of carboxylic acids is 2. The van der Waals surface area contributed by atoms with Gasteiger partial charge in [0.1, 0.15) is 54.6 Å². The highest BCUT2D eigenvalue weighted by Crippen LogP contribution is 2.61. The number of ether oxygens (including phenoxy) is 3. The number of aliphatic hydroxyl groups excluding tert-OH is 4. The molecule has 2 aliphatic heterocycles. The van der Waals surface area contributed by atoms with E-state index in [4.69, 9.17) is 23.8 Å². The molecule has 3 heterocycles. The number of aliphatic hydroxyl groups is 4. The normalized spacial score (nSPS) is 30.4. The maximum Gasteiger partial charge on any atom is 0.483 e. The van der Waals surface area contributed by atoms with Gasteiger partial charge in [0.2, 0.25) is 19.2 Å². The van der Waals surface area contributed by atoms with Crippen LogP contribution in [0, 0.1) is 5.92 Å². The summed E-state index contributed by atoms with van der Waals surface area (Å²) in [4.78, 5) is 104.